The number of halogens is 5. The van der Waals surface area contributed by atoms with Gasteiger partial charge in [-0.15, -0.1) is 45.3 Å². The van der Waals surface area contributed by atoms with E-state index in [1.807, 2.05) is 6.07 Å². The average molecular weight is 1640 g/mol. The van der Waals surface area contributed by atoms with Gasteiger partial charge in [0.1, 0.15) is 89.6 Å². The summed E-state index contributed by atoms with van der Waals surface area (Å²) in [6, 6.07) is 1.05. The van der Waals surface area contributed by atoms with Crippen molar-refractivity contribution in [3.8, 4) is 18.2 Å². The number of hydrogen-bond donors (Lipinski definition) is 4. The number of nitrogens with zero attached hydrogens (tertiary/aromatic N) is 15. The van der Waals surface area contributed by atoms with E-state index < -0.39 is 249 Å². The number of likely N-dealkylation sites (tertiary alicyclic amines) is 4. The lowest BCUT2D eigenvalue weighted by Gasteiger charge is -2.32. The zero-order valence-electron chi connectivity index (χ0n) is 105. The molecule has 0 spiro atoms. The second-order valence-electron chi connectivity index (χ2n) is 22.8. The second kappa shape index (κ2) is 37.3. The van der Waals surface area contributed by atoms with Crippen LogP contribution >= 0.6 is 80.1 Å². The van der Waals surface area contributed by atoms with Gasteiger partial charge < -0.3 is 21.2 Å². The second-order valence-corrected chi connectivity index (χ2v) is 28.4. The molecule has 4 aliphatic heterocycles. The minimum absolute atomic E-state index is 0.0000220. The van der Waals surface area contributed by atoms with Crippen molar-refractivity contribution in [2.75, 3.05) is 73.4 Å². The number of piperidine rings is 4. The summed E-state index contributed by atoms with van der Waals surface area (Å²) in [6.45, 7) is -18.7. The smallest absolute Gasteiger partial charge is 0.162 e. The number of nitriles is 3. The molecule has 16 rings (SSSR count). The molecule has 0 saturated carbocycles. The fraction of sp³-hybridized carbons (Fsp3) is 0.370. The van der Waals surface area contributed by atoms with Gasteiger partial charge in [-0.25, -0.2) is 48.7 Å². The van der Waals surface area contributed by atoms with E-state index in [9.17, 15) is 19.3 Å². The molecule has 4 saturated heterocycles. The summed E-state index contributed by atoms with van der Waals surface area (Å²) in [4.78, 5) is 33.5. The summed E-state index contributed by atoms with van der Waals surface area (Å²) < 4.78 is 439. The van der Waals surface area contributed by atoms with Crippen molar-refractivity contribution in [3.63, 3.8) is 0 Å². The lowest BCUT2D eigenvalue weighted by molar-refractivity contribution is 0.211. The summed E-state index contributed by atoms with van der Waals surface area (Å²) >= 11 is 21.2. The molecule has 109 heavy (non-hydrogen) atoms. The van der Waals surface area contributed by atoms with Gasteiger partial charge in [-0.3, -0.25) is 19.6 Å². The predicted octanol–water partition coefficient (Wildman–Crippen LogP) is 19.2. The number of thiophene rings is 4. The number of rotatable bonds is 18. The van der Waals surface area contributed by atoms with Crippen LogP contribution in [0.2, 0.25) is 19.3 Å². The first-order chi connectivity index (χ1) is 71.6. The first-order valence-corrected chi connectivity index (χ1v) is 36.0. The molecule has 4 aliphatic rings. The highest BCUT2D eigenvalue weighted by atomic mass is 35.5. The van der Waals surface area contributed by atoms with Crippen molar-refractivity contribution in [2.24, 2.45) is 0 Å². The third kappa shape index (κ3) is 21.0. The van der Waals surface area contributed by atoms with Crippen molar-refractivity contribution in [1.82, 2.24) is 59.5 Å². The Balaban J connectivity index is 0.000000173. The van der Waals surface area contributed by atoms with Gasteiger partial charge in [0.05, 0.1) is 79.1 Å². The molecule has 4 aromatic carbocycles. The van der Waals surface area contributed by atoms with Crippen molar-refractivity contribution in [1.29, 1.82) is 15.8 Å². The maximum atomic E-state index is 13.9. The van der Waals surface area contributed by atoms with Crippen LogP contribution < -0.4 is 21.2 Å². The first kappa shape index (κ1) is 38.5. The molecule has 4 fully saturated rings. The number of fused-ring (bicyclic) bond motifs is 4. The quantitative estimate of drug-likeness (QED) is 0.0625. The van der Waals surface area contributed by atoms with Crippen LogP contribution in [0.4, 0.5) is 32.1 Å². The van der Waals surface area contributed by atoms with Crippen LogP contribution in [-0.4, -0.2) is 136 Å². The Morgan fingerprint density at radius 2 is 0.927 bits per heavy atom. The van der Waals surface area contributed by atoms with Gasteiger partial charge >= 0.3 is 0 Å². The zero-order valence-corrected chi connectivity index (χ0v) is 62.1. The van der Waals surface area contributed by atoms with E-state index in [-0.39, 0.29) is 147 Å². The van der Waals surface area contributed by atoms with Gasteiger partial charge in [0.15, 0.2) is 5.65 Å². The summed E-state index contributed by atoms with van der Waals surface area (Å²) in [5.74, 6) is -6.69. The maximum Gasteiger partial charge on any atom is 0.162 e. The van der Waals surface area contributed by atoms with Crippen molar-refractivity contribution >= 4 is 144 Å². The van der Waals surface area contributed by atoms with E-state index in [1.54, 1.807) is 19.9 Å². The number of anilines is 4. The normalized spacial score (nSPS) is 30.3. The van der Waals surface area contributed by atoms with Crippen molar-refractivity contribution < 1.29 is 74.7 Å². The number of benzene rings is 4. The van der Waals surface area contributed by atoms with Gasteiger partial charge in [0.2, 0.25) is 0 Å². The van der Waals surface area contributed by atoms with Crippen LogP contribution in [0.15, 0.2) is 134 Å². The summed E-state index contributed by atoms with van der Waals surface area (Å²) in [5.41, 5.74) is -1.53. The Hall–Kier alpha value is -8.72. The highest BCUT2D eigenvalue weighted by Gasteiger charge is 2.27. The molecule has 0 aliphatic carbocycles. The molecule has 562 valence electrons. The number of hydrogen-bond acceptors (Lipinski definition) is 23. The summed E-state index contributed by atoms with van der Waals surface area (Å²) in [7, 11) is 0. The molecule has 12 heterocycles. The summed E-state index contributed by atoms with van der Waals surface area (Å²) in [6.07, 6.45) is -27.5. The van der Waals surface area contributed by atoms with E-state index in [1.165, 1.54) is 50.2 Å². The minimum Gasteiger partial charge on any atom is -0.367 e. The van der Waals surface area contributed by atoms with E-state index in [0.29, 0.717) is 0 Å². The van der Waals surface area contributed by atoms with Crippen LogP contribution in [0.5, 0.6) is 0 Å². The predicted molar refractivity (Wildman–Crippen MR) is 440 cm³/mol. The standard InChI is InChI=1S/C22H25N5S.C21H24ClFN4S.C19H17ClFN5S.C19H18ClN5S/c1-15(2)20-11-19-21(24-14-25-22(19)28-20)26-18-6-8-27(9-7-18)13-17-5-3-4-16(10-17)12-23;1-13(2)19-10-16-20(24-12-25-21(16)28-19)26-15-5-7-27(8-6-15)11-14-3-4-18(23)17(22)9-14;20-17-8-15-18(23-11-24-19(15)27-17)25-14-3-5-26(6-4-14)10-12-1-2-16(21)13(7-12)9-22;20-17-9-16-18(22-12-23-19(16)26-17)24-15-4-6-25(7-5-15)11-14-3-1-2-13(8-14)10-21/h3-5,10-11,14-15,18H,6-9,13H2,1-2H3,(H,24,25,26);3-4,9-10,12-13,15H,5-8,11H2,1-2H3,(H,24,25,26);1-2,7-8,11,14H,3-6,10H2,(H,23,24,25);1-3,8-9,12,15H,4-7,11H2,(H,22,23,24)/i4D,5D,6D2,7D2,10D,11D,13D,14D,15D,18D;5D2,6D2,10D,11D,12D,13D,15D;3D2,4D2,5D2,6D2,8D,10D,14D;4D2,5D2,6D2,7D2,9D,11D,12D,15D/hD4. The van der Waals surface area contributed by atoms with Crippen LogP contribution in [0.1, 0.15) is 199 Å². The SMILES string of the molecule is [2H]c1c(Cl)sc2ncnc(N([2H])C3([2H])C([2H])([2H])C([2H])([2H])N(C([2H])c4ccc(F)c(C#N)c4)C([2H])([2H])C3([2H])[2H])c12.[2H]c1nc(N([2H])C2([2H])C([2H])([2H])C([2H])([2H])N(C([2H])c3cccc(C#N)c3)C([2H])([2H])C2([2H])[2H])c2c([2H])c(Cl)sc2n1.[2H]c1nc(N([2H])C2([2H])C([2H])([2H])CN(C([2H])c3c([2H])cc([2H])c(C#N)c3[2H])CC2([2H])[2H])c2c([2H])c(C([2H])(C)C)sc2n1.[2H]c1nc(N([2H])C2([2H])C([2H])([2H])CN(C([2H])c3ccc(F)c(Cl)c3)CC2([2H])[2H])c2c([2H])c(C([2H])(C)C)sc2n1. The van der Waals surface area contributed by atoms with Crippen LogP contribution in [0, 0.1) is 45.6 Å². The molecule has 12 aromatic rings. The number of nitrogens with one attached hydrogen (secondary N) is 4. The molecular weight excluding hydrogens is 1510 g/mol. The van der Waals surface area contributed by atoms with Crippen LogP contribution in [0.25, 0.3) is 40.9 Å². The third-order valence-electron chi connectivity index (χ3n) is 14.6. The Morgan fingerprint density at radius 1 is 0.495 bits per heavy atom. The first-order valence-electron chi connectivity index (χ1n) is 55.7. The molecular formula is C81H84Cl3F2N19S4. The van der Waals surface area contributed by atoms with Gasteiger partial charge in [-0.2, -0.15) is 15.8 Å². The zero-order chi connectivity index (χ0) is 119. The molecule has 0 bridgehead atoms. The minimum atomic E-state index is -3.78. The van der Waals surface area contributed by atoms with Gasteiger partial charge in [-0.1, -0.05) is 98.9 Å². The van der Waals surface area contributed by atoms with E-state index in [0.717, 1.165) is 97.9 Å². The lowest BCUT2D eigenvalue weighted by atomic mass is 10.0. The fourth-order valence-electron chi connectivity index (χ4n) is 9.47. The van der Waals surface area contributed by atoms with Crippen LogP contribution in [-0.2, 0) is 26.1 Å². The third-order valence-corrected chi connectivity index (χ3v) is 19.5. The van der Waals surface area contributed by atoms with Gasteiger partial charge in [-0.05, 0) is 158 Å². The Bertz CT molecular complexity index is 7690. The maximum absolute atomic E-state index is 13.9. The average Bonchev–Trinajstić information content (AvgIpc) is 1.13. The van der Waals surface area contributed by atoms with Gasteiger partial charge in [0, 0.05) is 153 Å². The highest BCUT2D eigenvalue weighted by Crippen LogP contribution is 2.38. The Kier molecular flexibility index (Phi) is 13.2. The lowest BCUT2D eigenvalue weighted by Crippen LogP contribution is -2.38. The molecule has 8 aromatic heterocycles. The largest absolute Gasteiger partial charge is 0.367 e. The Morgan fingerprint density at radius 3 is 1.41 bits per heavy atom. The van der Waals surface area contributed by atoms with E-state index in [4.69, 9.17) is 106 Å². The molecule has 28 heteroatoms. The van der Waals surface area contributed by atoms with E-state index in [2.05, 4.69) is 39.9 Å². The van der Waals surface area contributed by atoms with Crippen molar-refractivity contribution in [3.05, 3.63) is 208 Å². The van der Waals surface area contributed by atoms with Crippen LogP contribution in [0.3, 0.4) is 0 Å². The molecule has 19 nitrogen and oxygen atoms in total. The topological polar surface area (TPSA) is 236 Å². The number of aromatic nitrogens is 8. The molecule has 4 atom stereocenters. The molecule has 0 amide bonds. The van der Waals surface area contributed by atoms with E-state index >= 15 is 0 Å². The van der Waals surface area contributed by atoms with Gasteiger partial charge in [0.25, 0.3) is 0 Å². The molecule has 4 N–H and O–H groups in total. The molecule has 4 unspecified atom stereocenters. The monoisotopic (exact) mass is 1640 g/mol. The summed E-state index contributed by atoms with van der Waals surface area (Å²) in [5, 5.41) is 26.8. The molecule has 0 radical (unpaired) electrons. The fourth-order valence-corrected chi connectivity index (χ4v) is 13.4. The highest BCUT2D eigenvalue weighted by molar-refractivity contribution is 7.22. The van der Waals surface area contributed by atoms with Crippen molar-refractivity contribution in [2.45, 2.75) is 141 Å². The Labute approximate surface area is 732 Å².